The van der Waals surface area contributed by atoms with E-state index in [0.29, 0.717) is 0 Å². The second-order valence-electron chi connectivity index (χ2n) is 2.47. The van der Waals surface area contributed by atoms with Gasteiger partial charge in [-0.15, -0.1) is 0 Å². The molecule has 1 fully saturated rings. The van der Waals surface area contributed by atoms with E-state index in [1.165, 1.54) is 5.32 Å². The van der Waals surface area contributed by atoms with Crippen LogP contribution in [0.25, 0.3) is 0 Å². The minimum Gasteiger partial charge on any atom is -0.361 e. The highest BCUT2D eigenvalue weighted by Gasteiger charge is 2.62. The summed E-state index contributed by atoms with van der Waals surface area (Å²) in [6.07, 6.45) is 0. The third-order valence-corrected chi connectivity index (χ3v) is 3.67. The molecule has 0 aromatic rings. The first kappa shape index (κ1) is 11.8. The maximum Gasteiger partial charge on any atom is 0.317 e. The average Bonchev–Trinajstić information content (AvgIpc) is 2.22. The summed E-state index contributed by atoms with van der Waals surface area (Å²) in [7, 11) is -8.95. The van der Waals surface area contributed by atoms with Gasteiger partial charge in [-0.25, -0.2) is 0 Å². The molecular weight excluding hydrogens is 254 g/mol. The second-order valence-corrected chi connectivity index (χ2v) is 4.88. The molecule has 1 saturated heterocycles. The number of nitrogens with one attached hydrogen (secondary N) is 1. The molecule has 1 aliphatic heterocycles. The van der Waals surface area contributed by atoms with Crippen molar-refractivity contribution in [3.05, 3.63) is 0 Å². The van der Waals surface area contributed by atoms with Crippen LogP contribution in [-0.2, 0) is 30.0 Å². The third-order valence-electron chi connectivity index (χ3n) is 1.59. The zero-order valence-corrected chi connectivity index (χ0v) is 8.29. The fourth-order valence-electron chi connectivity index (χ4n) is 0.925. The molecule has 1 heterocycles. The maximum absolute atomic E-state index is 10.9. The van der Waals surface area contributed by atoms with Crippen LogP contribution in [0.15, 0.2) is 0 Å². The molecule has 1 aliphatic rings. The van der Waals surface area contributed by atoms with Crippen LogP contribution in [0.2, 0.25) is 0 Å². The van der Waals surface area contributed by atoms with E-state index in [0.717, 1.165) is 0 Å². The summed E-state index contributed by atoms with van der Waals surface area (Å²) in [5, 5.41) is 10.4. The van der Waals surface area contributed by atoms with Gasteiger partial charge in [-0.05, 0) is 0 Å². The average molecular weight is 257 g/mol. The van der Waals surface area contributed by atoms with Gasteiger partial charge in [-0.2, -0.15) is 16.8 Å². The Bertz CT molecular complexity index is 574. The van der Waals surface area contributed by atoms with Crippen LogP contribution in [0, 0.1) is 0 Å². The van der Waals surface area contributed by atoms with Crippen molar-refractivity contribution < 1.29 is 36.1 Å². The van der Waals surface area contributed by atoms with Crippen molar-refractivity contribution in [3.8, 4) is 0 Å². The number of carbonyl (C=O) groups excluding carboxylic acids is 2. The Kier molecular flexibility index (Phi) is 2.43. The quantitative estimate of drug-likeness (QED) is 0.246. The minimum absolute atomic E-state index is 1.25. The van der Waals surface area contributed by atoms with Crippen LogP contribution >= 0.6 is 0 Å². The van der Waals surface area contributed by atoms with Gasteiger partial charge >= 0.3 is 15.1 Å². The fourth-order valence-corrected chi connectivity index (χ4v) is 2.58. The molecular formula is C4H3NO8S2. The summed E-state index contributed by atoms with van der Waals surface area (Å²) in [4.78, 5) is 16.2. The molecule has 84 valence electrons. The zero-order chi connectivity index (χ0) is 12.0. The molecule has 0 aromatic carbocycles. The number of imide groups is 1. The molecule has 15 heavy (non-hydrogen) atoms. The summed E-state index contributed by atoms with van der Waals surface area (Å²) in [6, 6.07) is 0. The smallest absolute Gasteiger partial charge is 0.317 e. The van der Waals surface area contributed by atoms with E-state index in [9.17, 15) is 31.5 Å². The van der Waals surface area contributed by atoms with E-state index in [1.54, 1.807) is 0 Å². The van der Waals surface area contributed by atoms with Crippen LogP contribution < -0.4 is 5.32 Å². The summed E-state index contributed by atoms with van der Waals surface area (Å²) >= 11 is 0. The van der Waals surface area contributed by atoms with Crippen molar-refractivity contribution in [2.45, 2.75) is 4.93 Å². The van der Waals surface area contributed by atoms with Gasteiger partial charge in [0.2, 0.25) is 10.3 Å². The summed E-state index contributed by atoms with van der Waals surface area (Å²) in [5.74, 6) is -3.44. The number of amides is 2. The van der Waals surface area contributed by atoms with Crippen molar-refractivity contribution in [3.63, 3.8) is 0 Å². The van der Waals surface area contributed by atoms with Crippen LogP contribution in [0.5, 0.6) is 0 Å². The number of hydrogen-bond donors (Lipinski definition) is 3. The highest BCUT2D eigenvalue weighted by atomic mass is 32.2. The van der Waals surface area contributed by atoms with Crippen LogP contribution in [-0.4, -0.2) is 48.1 Å². The predicted molar refractivity (Wildman–Crippen MR) is 43.6 cm³/mol. The molecule has 1 unspecified atom stereocenters. The van der Waals surface area contributed by atoms with Crippen molar-refractivity contribution in [1.82, 2.24) is 5.32 Å². The van der Waals surface area contributed by atoms with E-state index >= 15 is 0 Å². The molecule has 1 atom stereocenters. The summed E-state index contributed by atoms with van der Waals surface area (Å²) in [5.41, 5.74) is 0. The molecule has 0 saturated carbocycles. The van der Waals surface area contributed by atoms with E-state index < -0.39 is 42.0 Å². The Balaban J connectivity index is 3.77. The lowest BCUT2D eigenvalue weighted by Crippen LogP contribution is -2.50. The van der Waals surface area contributed by atoms with E-state index in [2.05, 4.69) is 0 Å². The van der Waals surface area contributed by atoms with Crippen LogP contribution in [0.3, 0.4) is 0 Å². The van der Waals surface area contributed by atoms with Gasteiger partial charge in [0.05, 0.1) is 0 Å². The molecule has 0 radical (unpaired) electrons. The van der Waals surface area contributed by atoms with Gasteiger partial charge in [0, 0.05) is 0 Å². The van der Waals surface area contributed by atoms with Crippen molar-refractivity contribution in [1.29, 1.82) is 0 Å². The highest BCUT2D eigenvalue weighted by molar-refractivity contribution is 7.91. The maximum atomic E-state index is 10.9. The van der Waals surface area contributed by atoms with Crippen molar-refractivity contribution >= 4 is 37.1 Å². The summed E-state index contributed by atoms with van der Waals surface area (Å²) in [6.45, 7) is 0. The van der Waals surface area contributed by atoms with E-state index in [-0.39, 0.29) is 0 Å². The lowest BCUT2D eigenvalue weighted by molar-refractivity contribution is -0.129. The lowest BCUT2D eigenvalue weighted by atomic mass is 10.3. The zero-order valence-electron chi connectivity index (χ0n) is 6.66. The largest absolute Gasteiger partial charge is 0.361 e. The fraction of sp³-hybridized carbons (Fsp3) is 0.250. The Morgan fingerprint density at radius 1 is 1.27 bits per heavy atom. The van der Waals surface area contributed by atoms with Crippen molar-refractivity contribution in [2.75, 3.05) is 0 Å². The lowest BCUT2D eigenvalue weighted by Gasteiger charge is -2.12. The Labute approximate surface area is 84.0 Å². The Morgan fingerprint density at radius 2 is 1.73 bits per heavy atom. The molecule has 11 heteroatoms. The van der Waals surface area contributed by atoms with Crippen molar-refractivity contribution in [2.24, 2.45) is 0 Å². The normalized spacial score (nSPS) is 26.7. The number of carbonyl (C=O) groups is 2. The molecule has 3 N–H and O–H groups in total. The molecule has 0 aliphatic carbocycles. The number of aliphatic hydroxyl groups is 1. The van der Waals surface area contributed by atoms with Gasteiger partial charge in [0.15, 0.2) is 4.86 Å². The topological polar surface area (TPSA) is 155 Å². The molecule has 9 nitrogen and oxygen atoms in total. The highest BCUT2D eigenvalue weighted by Crippen LogP contribution is 2.20. The van der Waals surface area contributed by atoms with Gasteiger partial charge in [-0.3, -0.25) is 19.5 Å². The van der Waals surface area contributed by atoms with E-state index in [4.69, 9.17) is 4.55 Å². The molecule has 2 amide bonds. The van der Waals surface area contributed by atoms with Crippen LogP contribution in [0.4, 0.5) is 0 Å². The van der Waals surface area contributed by atoms with Gasteiger partial charge < -0.3 is 5.11 Å². The Hall–Kier alpha value is -1.30. The predicted octanol–water partition coefficient (Wildman–Crippen LogP) is -3.73. The standard InChI is InChI=1S/C4H3NO8S2/c6-2-1(14(9)10)4(8,3(7)5-2)15(11,12)13/h8H,(H,5,6,7)(H,11,12,13). The van der Waals surface area contributed by atoms with Gasteiger partial charge in [-0.1, -0.05) is 0 Å². The minimum atomic E-state index is -5.49. The molecule has 0 bridgehead atoms. The Morgan fingerprint density at radius 3 is 2.00 bits per heavy atom. The second kappa shape index (κ2) is 3.10. The van der Waals surface area contributed by atoms with Gasteiger partial charge in [0.1, 0.15) is 0 Å². The third kappa shape index (κ3) is 1.45. The SMILES string of the molecule is O=C1NC(=O)C(O)(S(=O)(=O)O)C1=S(=O)=O. The molecule has 0 spiro atoms. The molecule has 0 aromatic heterocycles. The van der Waals surface area contributed by atoms with Crippen LogP contribution in [0.1, 0.15) is 0 Å². The molecule has 1 rings (SSSR count). The first-order valence-corrected chi connectivity index (χ1v) is 5.65. The van der Waals surface area contributed by atoms with E-state index in [1.807, 2.05) is 0 Å². The first-order valence-electron chi connectivity index (χ1n) is 3.14. The number of hydrogen-bond acceptors (Lipinski definition) is 7. The van der Waals surface area contributed by atoms with Gasteiger partial charge in [0.25, 0.3) is 11.8 Å². The monoisotopic (exact) mass is 257 g/mol. The first-order chi connectivity index (χ1) is 6.62. The number of rotatable bonds is 1. The summed E-state index contributed by atoms with van der Waals surface area (Å²) < 4.78 is 50.6.